The average molecular weight is 502 g/mol. The minimum atomic E-state index is -1.01. The van der Waals surface area contributed by atoms with Crippen molar-refractivity contribution in [2.75, 3.05) is 6.54 Å². The van der Waals surface area contributed by atoms with Crippen molar-refractivity contribution in [2.45, 2.75) is 19.8 Å². The first kappa shape index (κ1) is 25.3. The molecule has 2 aromatic heterocycles. The lowest BCUT2D eigenvalue weighted by molar-refractivity contribution is -0.136. The van der Waals surface area contributed by atoms with Gasteiger partial charge in [0, 0.05) is 37.0 Å². The topological polar surface area (TPSA) is 121 Å². The van der Waals surface area contributed by atoms with Gasteiger partial charge in [0.1, 0.15) is 5.75 Å². The van der Waals surface area contributed by atoms with E-state index in [0.717, 1.165) is 11.1 Å². The number of carboxylic acid groups (broad SMARTS) is 1. The van der Waals surface area contributed by atoms with E-state index in [1.165, 1.54) is 30.6 Å². The molecule has 0 atom stereocenters. The van der Waals surface area contributed by atoms with Gasteiger partial charge in [-0.25, -0.2) is 4.39 Å². The van der Waals surface area contributed by atoms with Gasteiger partial charge in [0.25, 0.3) is 5.91 Å². The van der Waals surface area contributed by atoms with Gasteiger partial charge >= 0.3 is 5.97 Å². The molecule has 1 amide bonds. The van der Waals surface area contributed by atoms with E-state index < -0.39 is 17.7 Å². The Bertz CT molecular complexity index is 1460. The summed E-state index contributed by atoms with van der Waals surface area (Å²) in [6.07, 6.45) is 2.96. The van der Waals surface area contributed by atoms with Crippen LogP contribution in [0.25, 0.3) is 11.4 Å². The number of aromatic nitrogens is 2. The molecule has 0 fully saturated rings. The summed E-state index contributed by atoms with van der Waals surface area (Å²) < 4.78 is 20.3. The number of ether oxygens (including phenoxy) is 1. The molecule has 0 aliphatic carbocycles. The summed E-state index contributed by atoms with van der Waals surface area (Å²) in [6.45, 7) is 1.96. The molecule has 4 aromatic rings. The number of carbonyl (C=O) groups excluding carboxylic acids is 2. The molecular weight excluding hydrogens is 477 g/mol. The maximum absolute atomic E-state index is 14.5. The zero-order chi connectivity index (χ0) is 26.4. The quantitative estimate of drug-likeness (QED) is 0.265. The molecule has 0 bridgehead atoms. The molecule has 0 aliphatic heterocycles. The molecule has 0 spiro atoms. The van der Waals surface area contributed by atoms with E-state index in [4.69, 9.17) is 9.84 Å². The lowest BCUT2D eigenvalue weighted by Crippen LogP contribution is -2.25. The largest absolute Gasteiger partial charge is 0.481 e. The second-order valence-electron chi connectivity index (χ2n) is 8.41. The van der Waals surface area contributed by atoms with Crippen LogP contribution in [0.2, 0.25) is 0 Å². The minimum absolute atomic E-state index is 0.00831. The summed E-state index contributed by atoms with van der Waals surface area (Å²) >= 11 is 0. The summed E-state index contributed by atoms with van der Waals surface area (Å²) in [6, 6.07) is 16.3. The van der Waals surface area contributed by atoms with Crippen LogP contribution >= 0.6 is 0 Å². The van der Waals surface area contributed by atoms with Crippen LogP contribution in [0.4, 0.5) is 4.39 Å². The Balaban J connectivity index is 1.47. The third kappa shape index (κ3) is 6.66. The van der Waals surface area contributed by atoms with Gasteiger partial charge in [-0.1, -0.05) is 29.8 Å². The van der Waals surface area contributed by atoms with Crippen LogP contribution in [0.3, 0.4) is 0 Å². The number of aryl methyl sites for hydroxylation is 1. The predicted molar refractivity (Wildman–Crippen MR) is 134 cm³/mol. The zero-order valence-electron chi connectivity index (χ0n) is 20.0. The molecule has 0 aliphatic rings. The summed E-state index contributed by atoms with van der Waals surface area (Å²) in [5, 5.41) is 11.2. The fourth-order valence-corrected chi connectivity index (χ4v) is 3.67. The second-order valence-corrected chi connectivity index (χ2v) is 8.41. The van der Waals surface area contributed by atoms with Gasteiger partial charge in [-0.05, 0) is 42.8 Å². The molecule has 0 saturated carbocycles. The van der Waals surface area contributed by atoms with E-state index >= 15 is 0 Å². The van der Waals surface area contributed by atoms with Crippen LogP contribution in [-0.4, -0.2) is 39.3 Å². The molecule has 0 saturated heterocycles. The number of hydrogen-bond donors (Lipinski definition) is 3. The maximum atomic E-state index is 14.5. The maximum Gasteiger partial charge on any atom is 0.305 e. The van der Waals surface area contributed by atoms with Crippen LogP contribution in [0.5, 0.6) is 11.5 Å². The van der Waals surface area contributed by atoms with Crippen molar-refractivity contribution < 1.29 is 28.6 Å². The SMILES string of the molecule is Cc1cccc(CC(=O)c2ccc(F)c(Oc3ccnc(-c4cc(C(=O)NCCC(=O)O)c[nH]4)c3)c2)c1. The molecule has 3 N–H and O–H groups in total. The third-order valence-corrected chi connectivity index (χ3v) is 5.51. The number of halogens is 1. The van der Waals surface area contributed by atoms with Crippen LogP contribution in [0.15, 0.2) is 73.1 Å². The van der Waals surface area contributed by atoms with E-state index in [9.17, 15) is 18.8 Å². The molecule has 2 heterocycles. The Kier molecular flexibility index (Phi) is 7.73. The Morgan fingerprint density at radius 2 is 1.89 bits per heavy atom. The van der Waals surface area contributed by atoms with Crippen molar-refractivity contribution in [3.8, 4) is 22.9 Å². The van der Waals surface area contributed by atoms with Crippen LogP contribution < -0.4 is 10.1 Å². The van der Waals surface area contributed by atoms with Gasteiger partial charge in [-0.15, -0.1) is 0 Å². The summed E-state index contributed by atoms with van der Waals surface area (Å²) in [4.78, 5) is 42.8. The number of carboxylic acids is 1. The number of H-pyrrole nitrogens is 1. The van der Waals surface area contributed by atoms with Crippen molar-refractivity contribution in [3.63, 3.8) is 0 Å². The molecule has 4 rings (SSSR count). The number of carbonyl (C=O) groups is 3. The number of rotatable bonds is 10. The van der Waals surface area contributed by atoms with E-state index in [-0.39, 0.29) is 36.7 Å². The Hall–Kier alpha value is -4.79. The van der Waals surface area contributed by atoms with Crippen LogP contribution in [0.1, 0.15) is 38.3 Å². The van der Waals surface area contributed by atoms with Gasteiger partial charge in [-0.2, -0.15) is 0 Å². The van der Waals surface area contributed by atoms with E-state index in [0.29, 0.717) is 22.5 Å². The summed E-state index contributed by atoms with van der Waals surface area (Å²) in [5.74, 6) is -2.03. The summed E-state index contributed by atoms with van der Waals surface area (Å²) in [7, 11) is 0. The lowest BCUT2D eigenvalue weighted by Gasteiger charge is -2.10. The van der Waals surface area contributed by atoms with Crippen molar-refractivity contribution in [2.24, 2.45) is 0 Å². The fourth-order valence-electron chi connectivity index (χ4n) is 3.67. The number of amides is 1. The molecule has 37 heavy (non-hydrogen) atoms. The number of Topliss-reactive ketones (excluding diaryl/α,β-unsaturated/α-hetero) is 1. The fraction of sp³-hybridized carbons (Fsp3) is 0.143. The van der Waals surface area contributed by atoms with Gasteiger partial charge in [-0.3, -0.25) is 19.4 Å². The minimum Gasteiger partial charge on any atom is -0.481 e. The summed E-state index contributed by atoms with van der Waals surface area (Å²) in [5.41, 5.74) is 3.51. The molecule has 9 heteroatoms. The number of pyridine rings is 1. The number of aromatic amines is 1. The average Bonchev–Trinajstić information content (AvgIpc) is 3.36. The van der Waals surface area contributed by atoms with E-state index in [2.05, 4.69) is 15.3 Å². The highest BCUT2D eigenvalue weighted by Crippen LogP contribution is 2.28. The van der Waals surface area contributed by atoms with Crippen molar-refractivity contribution >= 4 is 17.7 Å². The number of hydrogen-bond acceptors (Lipinski definition) is 5. The Labute approximate surface area is 212 Å². The Morgan fingerprint density at radius 1 is 1.05 bits per heavy atom. The van der Waals surface area contributed by atoms with Crippen LogP contribution in [0, 0.1) is 12.7 Å². The standard InChI is InChI=1S/C28H24FN3O5/c1-17-3-2-4-18(11-17)12-25(33)19-5-6-22(29)26(14-19)37-21-7-9-30-24(15-21)23-13-20(16-32-23)28(36)31-10-8-27(34)35/h2-7,9,11,13-16,32H,8,10,12H2,1H3,(H,31,36)(H,34,35). The van der Waals surface area contributed by atoms with Crippen molar-refractivity contribution in [1.82, 2.24) is 15.3 Å². The number of nitrogens with zero attached hydrogens (tertiary/aromatic N) is 1. The Morgan fingerprint density at radius 3 is 2.68 bits per heavy atom. The highest BCUT2D eigenvalue weighted by atomic mass is 19.1. The smallest absolute Gasteiger partial charge is 0.305 e. The van der Waals surface area contributed by atoms with Crippen molar-refractivity contribution in [3.05, 3.63) is 101 Å². The molecule has 188 valence electrons. The van der Waals surface area contributed by atoms with Gasteiger partial charge < -0.3 is 20.1 Å². The lowest BCUT2D eigenvalue weighted by atomic mass is 10.0. The van der Waals surface area contributed by atoms with Gasteiger partial charge in [0.2, 0.25) is 0 Å². The first-order chi connectivity index (χ1) is 17.8. The molecule has 2 aromatic carbocycles. The number of aliphatic carboxylic acids is 1. The van der Waals surface area contributed by atoms with Crippen LogP contribution in [-0.2, 0) is 11.2 Å². The first-order valence-electron chi connectivity index (χ1n) is 11.5. The number of ketones is 1. The normalized spacial score (nSPS) is 10.6. The number of nitrogens with one attached hydrogen (secondary N) is 2. The highest BCUT2D eigenvalue weighted by molar-refractivity contribution is 5.98. The molecule has 0 radical (unpaired) electrons. The predicted octanol–water partition coefficient (Wildman–Crippen LogP) is 4.95. The first-order valence-corrected chi connectivity index (χ1v) is 11.5. The molecule has 0 unspecified atom stereocenters. The monoisotopic (exact) mass is 501 g/mol. The molecular formula is C28H24FN3O5. The molecule has 8 nitrogen and oxygen atoms in total. The van der Waals surface area contributed by atoms with Crippen molar-refractivity contribution in [1.29, 1.82) is 0 Å². The van der Waals surface area contributed by atoms with E-state index in [1.807, 2.05) is 31.2 Å². The number of benzene rings is 2. The van der Waals surface area contributed by atoms with Gasteiger partial charge in [0.15, 0.2) is 17.3 Å². The van der Waals surface area contributed by atoms with E-state index in [1.54, 1.807) is 18.2 Å². The third-order valence-electron chi connectivity index (χ3n) is 5.51. The second kappa shape index (κ2) is 11.3. The van der Waals surface area contributed by atoms with Gasteiger partial charge in [0.05, 0.1) is 23.4 Å². The zero-order valence-corrected chi connectivity index (χ0v) is 20.0. The highest BCUT2D eigenvalue weighted by Gasteiger charge is 2.14.